The smallest absolute Gasteiger partial charge is 0.323 e. The van der Waals surface area contributed by atoms with Gasteiger partial charge in [-0.15, -0.1) is 0 Å². The van der Waals surface area contributed by atoms with Crippen molar-refractivity contribution < 1.29 is 24.2 Å². The zero-order chi connectivity index (χ0) is 13.5. The Balaban J connectivity index is 2.82. The highest BCUT2D eigenvalue weighted by Gasteiger charge is 2.13. The Labute approximate surface area is 104 Å². The minimum Gasteiger partial charge on any atom is -0.494 e. The van der Waals surface area contributed by atoms with Gasteiger partial charge < -0.3 is 25.2 Å². The summed E-state index contributed by atoms with van der Waals surface area (Å²) < 4.78 is 10.2. The molecule has 0 atom stereocenters. The van der Waals surface area contributed by atoms with Gasteiger partial charge in [-0.2, -0.15) is 0 Å². The van der Waals surface area contributed by atoms with Gasteiger partial charge in [-0.25, -0.2) is 4.79 Å². The second-order valence-corrected chi connectivity index (χ2v) is 3.24. The van der Waals surface area contributed by atoms with Crippen molar-refractivity contribution in [3.63, 3.8) is 0 Å². The van der Waals surface area contributed by atoms with Gasteiger partial charge in [-0.05, 0) is 12.1 Å². The number of rotatable bonds is 5. The van der Waals surface area contributed by atoms with Gasteiger partial charge in [-0.3, -0.25) is 4.79 Å². The molecule has 0 bridgehead atoms. The monoisotopic (exact) mass is 254 g/mol. The molecule has 1 aromatic carbocycles. The number of amides is 2. The highest BCUT2D eigenvalue weighted by Crippen LogP contribution is 2.33. The fourth-order valence-electron chi connectivity index (χ4n) is 1.29. The van der Waals surface area contributed by atoms with Gasteiger partial charge in [0.15, 0.2) is 0 Å². The van der Waals surface area contributed by atoms with Crippen LogP contribution in [0.15, 0.2) is 18.2 Å². The van der Waals surface area contributed by atoms with Crippen LogP contribution in [-0.2, 0) is 4.79 Å². The first-order valence-electron chi connectivity index (χ1n) is 5.06. The summed E-state index contributed by atoms with van der Waals surface area (Å²) in [6.07, 6.45) is 0. The highest BCUT2D eigenvalue weighted by molar-refractivity contribution is 5.94. The molecule has 0 spiro atoms. The summed E-state index contributed by atoms with van der Waals surface area (Å²) in [5.41, 5.74) is 0.338. The van der Waals surface area contributed by atoms with E-state index in [9.17, 15) is 9.59 Å². The molecule has 98 valence electrons. The molecule has 7 nitrogen and oxygen atoms in total. The maximum Gasteiger partial charge on any atom is 0.323 e. The van der Waals surface area contributed by atoms with Gasteiger partial charge in [0.25, 0.3) is 0 Å². The number of carboxylic acids is 1. The van der Waals surface area contributed by atoms with Crippen LogP contribution in [0.3, 0.4) is 0 Å². The SMILES string of the molecule is COc1cccc(OC)c1NC(=O)NCC(=O)O. The van der Waals surface area contributed by atoms with Gasteiger partial charge in [0, 0.05) is 0 Å². The summed E-state index contributed by atoms with van der Waals surface area (Å²) in [5, 5.41) is 13.1. The second-order valence-electron chi connectivity index (χ2n) is 3.24. The lowest BCUT2D eigenvalue weighted by atomic mass is 10.2. The molecule has 0 saturated heterocycles. The van der Waals surface area contributed by atoms with E-state index in [1.165, 1.54) is 14.2 Å². The van der Waals surface area contributed by atoms with Crippen molar-refractivity contribution in [1.29, 1.82) is 0 Å². The summed E-state index contributed by atoms with van der Waals surface area (Å²) in [6, 6.07) is 4.35. The number of benzene rings is 1. The minimum atomic E-state index is -1.13. The van der Waals surface area contributed by atoms with Crippen LogP contribution in [0.25, 0.3) is 0 Å². The van der Waals surface area contributed by atoms with Crippen molar-refractivity contribution in [2.24, 2.45) is 0 Å². The Kier molecular flexibility index (Phi) is 4.79. The number of hydrogen-bond acceptors (Lipinski definition) is 4. The Morgan fingerprint density at radius 2 is 1.78 bits per heavy atom. The Morgan fingerprint density at radius 1 is 1.22 bits per heavy atom. The molecule has 0 aliphatic heterocycles. The summed E-state index contributed by atoms with van der Waals surface area (Å²) in [4.78, 5) is 21.8. The van der Waals surface area contributed by atoms with E-state index in [-0.39, 0.29) is 0 Å². The van der Waals surface area contributed by atoms with E-state index in [4.69, 9.17) is 14.6 Å². The highest BCUT2D eigenvalue weighted by atomic mass is 16.5. The molecular weight excluding hydrogens is 240 g/mol. The third kappa shape index (κ3) is 3.55. The van der Waals surface area contributed by atoms with Crippen molar-refractivity contribution in [2.45, 2.75) is 0 Å². The summed E-state index contributed by atoms with van der Waals surface area (Å²) in [5.74, 6) is -0.295. The van der Waals surface area contributed by atoms with E-state index < -0.39 is 18.5 Å². The number of urea groups is 1. The van der Waals surface area contributed by atoms with Gasteiger partial charge in [-0.1, -0.05) is 6.07 Å². The van der Waals surface area contributed by atoms with E-state index in [2.05, 4.69) is 10.6 Å². The fourth-order valence-corrected chi connectivity index (χ4v) is 1.29. The van der Waals surface area contributed by atoms with Crippen LogP contribution in [0.2, 0.25) is 0 Å². The molecule has 7 heteroatoms. The third-order valence-electron chi connectivity index (χ3n) is 2.07. The lowest BCUT2D eigenvalue weighted by Gasteiger charge is -2.13. The molecule has 0 saturated carbocycles. The van der Waals surface area contributed by atoms with E-state index in [1.807, 2.05) is 0 Å². The van der Waals surface area contributed by atoms with Gasteiger partial charge >= 0.3 is 12.0 Å². The molecule has 18 heavy (non-hydrogen) atoms. The number of hydrogen-bond donors (Lipinski definition) is 3. The second kappa shape index (κ2) is 6.33. The standard InChI is InChI=1S/C11H14N2O5/c1-17-7-4-3-5-8(18-2)10(7)13-11(16)12-6-9(14)15/h3-5H,6H2,1-2H3,(H,14,15)(H2,12,13,16). The number of carboxylic acid groups (broad SMARTS) is 1. The summed E-state index contributed by atoms with van der Waals surface area (Å²) in [7, 11) is 2.91. The van der Waals surface area contributed by atoms with Gasteiger partial charge in [0.05, 0.1) is 14.2 Å². The Morgan fingerprint density at radius 3 is 2.22 bits per heavy atom. The Hall–Kier alpha value is -2.44. The zero-order valence-electron chi connectivity index (χ0n) is 10.0. The molecule has 2 amide bonds. The number of nitrogens with one attached hydrogen (secondary N) is 2. The van der Waals surface area contributed by atoms with Crippen LogP contribution in [0.4, 0.5) is 10.5 Å². The van der Waals surface area contributed by atoms with Crippen LogP contribution >= 0.6 is 0 Å². The largest absolute Gasteiger partial charge is 0.494 e. The maximum atomic E-state index is 11.5. The number of ether oxygens (including phenoxy) is 2. The van der Waals surface area contributed by atoms with Crippen molar-refractivity contribution in [3.8, 4) is 11.5 Å². The first-order chi connectivity index (χ1) is 8.58. The number of carbonyl (C=O) groups excluding carboxylic acids is 1. The predicted octanol–water partition coefficient (Wildman–Crippen LogP) is 0.910. The van der Waals surface area contributed by atoms with Crippen LogP contribution in [0.1, 0.15) is 0 Å². The molecule has 1 aromatic rings. The van der Waals surface area contributed by atoms with Crippen LogP contribution in [-0.4, -0.2) is 37.9 Å². The van der Waals surface area contributed by atoms with Gasteiger partial charge in [0.1, 0.15) is 23.7 Å². The number of aliphatic carboxylic acids is 1. The number of anilines is 1. The van der Waals surface area contributed by atoms with Crippen LogP contribution < -0.4 is 20.1 Å². The molecule has 0 heterocycles. The van der Waals surface area contributed by atoms with Crippen molar-refractivity contribution in [3.05, 3.63) is 18.2 Å². The molecular formula is C11H14N2O5. The quantitative estimate of drug-likeness (QED) is 0.725. The van der Waals surface area contributed by atoms with Crippen LogP contribution in [0.5, 0.6) is 11.5 Å². The lowest BCUT2D eigenvalue weighted by molar-refractivity contribution is -0.135. The molecule has 3 N–H and O–H groups in total. The number of methoxy groups -OCH3 is 2. The van der Waals surface area contributed by atoms with Crippen molar-refractivity contribution in [1.82, 2.24) is 5.32 Å². The Bertz CT molecular complexity index is 425. The first kappa shape index (κ1) is 13.6. The molecule has 0 radical (unpaired) electrons. The molecule has 0 aliphatic carbocycles. The first-order valence-corrected chi connectivity index (χ1v) is 5.06. The normalized spacial score (nSPS) is 9.44. The average molecular weight is 254 g/mol. The number of para-hydroxylation sites is 1. The van der Waals surface area contributed by atoms with Crippen molar-refractivity contribution >= 4 is 17.7 Å². The third-order valence-corrected chi connectivity index (χ3v) is 2.07. The fraction of sp³-hybridized carbons (Fsp3) is 0.273. The molecule has 0 aromatic heterocycles. The average Bonchev–Trinajstić information content (AvgIpc) is 2.36. The lowest BCUT2D eigenvalue weighted by Crippen LogP contribution is -2.33. The number of carbonyl (C=O) groups is 2. The van der Waals surface area contributed by atoms with E-state index in [1.54, 1.807) is 18.2 Å². The molecule has 0 unspecified atom stereocenters. The topological polar surface area (TPSA) is 96.9 Å². The van der Waals surface area contributed by atoms with Crippen molar-refractivity contribution in [2.75, 3.05) is 26.1 Å². The molecule has 0 aliphatic rings. The predicted molar refractivity (Wildman–Crippen MR) is 64.2 cm³/mol. The van der Waals surface area contributed by atoms with Gasteiger partial charge in [0.2, 0.25) is 0 Å². The zero-order valence-corrected chi connectivity index (χ0v) is 10.0. The molecule has 0 fully saturated rings. The molecule has 1 rings (SSSR count). The van der Waals surface area contributed by atoms with E-state index >= 15 is 0 Å². The summed E-state index contributed by atoms with van der Waals surface area (Å²) in [6.45, 7) is -0.469. The maximum absolute atomic E-state index is 11.5. The van der Waals surface area contributed by atoms with Crippen LogP contribution in [0, 0.1) is 0 Å². The van der Waals surface area contributed by atoms with E-state index in [0.29, 0.717) is 17.2 Å². The van der Waals surface area contributed by atoms with E-state index in [0.717, 1.165) is 0 Å². The minimum absolute atomic E-state index is 0.338. The summed E-state index contributed by atoms with van der Waals surface area (Å²) >= 11 is 0.